The van der Waals surface area contributed by atoms with Crippen LogP contribution in [0.4, 0.5) is 5.69 Å². The molecule has 2 rings (SSSR count). The van der Waals surface area contributed by atoms with Crippen LogP contribution in [0.3, 0.4) is 0 Å². The van der Waals surface area contributed by atoms with Crippen molar-refractivity contribution in [1.29, 1.82) is 0 Å². The summed E-state index contributed by atoms with van der Waals surface area (Å²) in [5, 5.41) is 0. The first kappa shape index (κ1) is 7.10. The minimum Gasteiger partial charge on any atom is -0.443 e. The van der Waals surface area contributed by atoms with E-state index in [2.05, 4.69) is 11.6 Å². The molecular formula is C10H9NO. The Morgan fingerprint density at radius 3 is 2.92 bits per heavy atom. The molecule has 0 bridgehead atoms. The SMILES string of the molecule is C=C1OC(C)=Nc2ccccc21. The number of fused-ring (bicyclic) bond motifs is 1. The molecule has 60 valence electrons. The summed E-state index contributed by atoms with van der Waals surface area (Å²) in [5.41, 5.74) is 1.91. The molecule has 12 heavy (non-hydrogen) atoms. The summed E-state index contributed by atoms with van der Waals surface area (Å²) in [6, 6.07) is 7.80. The van der Waals surface area contributed by atoms with Gasteiger partial charge in [-0.05, 0) is 12.1 Å². The van der Waals surface area contributed by atoms with E-state index in [1.807, 2.05) is 31.2 Å². The molecule has 1 aromatic carbocycles. The van der Waals surface area contributed by atoms with Gasteiger partial charge in [-0.25, -0.2) is 4.99 Å². The highest BCUT2D eigenvalue weighted by Gasteiger charge is 2.12. The highest BCUT2D eigenvalue weighted by molar-refractivity contribution is 5.89. The predicted octanol–water partition coefficient (Wildman–Crippen LogP) is 2.74. The molecule has 1 aliphatic heterocycles. The van der Waals surface area contributed by atoms with Gasteiger partial charge in [-0.3, -0.25) is 0 Å². The van der Waals surface area contributed by atoms with Crippen LogP contribution in [-0.2, 0) is 4.74 Å². The van der Waals surface area contributed by atoms with Crippen molar-refractivity contribution in [2.24, 2.45) is 4.99 Å². The fourth-order valence-electron chi connectivity index (χ4n) is 1.23. The topological polar surface area (TPSA) is 21.6 Å². The largest absolute Gasteiger partial charge is 0.443 e. The van der Waals surface area contributed by atoms with Gasteiger partial charge in [-0.1, -0.05) is 18.7 Å². The monoisotopic (exact) mass is 159 g/mol. The smallest absolute Gasteiger partial charge is 0.192 e. The lowest BCUT2D eigenvalue weighted by atomic mass is 10.1. The minimum atomic E-state index is 0.652. The van der Waals surface area contributed by atoms with Crippen LogP contribution in [0, 0.1) is 0 Å². The second kappa shape index (κ2) is 2.48. The molecule has 1 aromatic rings. The van der Waals surface area contributed by atoms with E-state index in [1.165, 1.54) is 0 Å². The van der Waals surface area contributed by atoms with Crippen LogP contribution in [0.1, 0.15) is 12.5 Å². The number of benzene rings is 1. The first-order valence-electron chi connectivity index (χ1n) is 3.79. The summed E-state index contributed by atoms with van der Waals surface area (Å²) in [4.78, 5) is 4.23. The standard InChI is InChI=1S/C10H9NO/c1-7-9-5-3-4-6-10(9)11-8(2)12-7/h3-6H,1H2,2H3. The van der Waals surface area contributed by atoms with Gasteiger partial charge in [0.1, 0.15) is 5.76 Å². The molecule has 1 heterocycles. The van der Waals surface area contributed by atoms with E-state index >= 15 is 0 Å². The van der Waals surface area contributed by atoms with Gasteiger partial charge in [0.25, 0.3) is 0 Å². The van der Waals surface area contributed by atoms with Crippen LogP contribution in [0.15, 0.2) is 35.8 Å². The molecule has 0 aliphatic carbocycles. The zero-order chi connectivity index (χ0) is 8.55. The molecule has 0 aromatic heterocycles. The number of nitrogens with zero attached hydrogens (tertiary/aromatic N) is 1. The summed E-state index contributed by atoms with van der Waals surface area (Å²) < 4.78 is 5.27. The van der Waals surface area contributed by atoms with Crippen molar-refractivity contribution in [3.8, 4) is 0 Å². The average molecular weight is 159 g/mol. The Balaban J connectivity index is 2.62. The Morgan fingerprint density at radius 2 is 2.08 bits per heavy atom. The van der Waals surface area contributed by atoms with Crippen molar-refractivity contribution in [3.63, 3.8) is 0 Å². The minimum absolute atomic E-state index is 0.652. The van der Waals surface area contributed by atoms with Crippen LogP contribution in [-0.4, -0.2) is 5.90 Å². The van der Waals surface area contributed by atoms with E-state index in [0.717, 1.165) is 11.3 Å². The molecule has 0 unspecified atom stereocenters. The second-order valence-corrected chi connectivity index (χ2v) is 2.67. The maximum Gasteiger partial charge on any atom is 0.192 e. The van der Waals surface area contributed by atoms with Gasteiger partial charge in [0.2, 0.25) is 0 Å². The van der Waals surface area contributed by atoms with E-state index in [-0.39, 0.29) is 0 Å². The normalized spacial score (nSPS) is 14.8. The molecule has 1 aliphatic rings. The molecule has 2 nitrogen and oxygen atoms in total. The van der Waals surface area contributed by atoms with Crippen LogP contribution in [0.5, 0.6) is 0 Å². The first-order chi connectivity index (χ1) is 5.77. The van der Waals surface area contributed by atoms with E-state index in [0.29, 0.717) is 11.7 Å². The fourth-order valence-corrected chi connectivity index (χ4v) is 1.23. The van der Waals surface area contributed by atoms with Crippen molar-refractivity contribution in [1.82, 2.24) is 0 Å². The van der Waals surface area contributed by atoms with Gasteiger partial charge in [-0.2, -0.15) is 0 Å². The van der Waals surface area contributed by atoms with E-state index in [4.69, 9.17) is 4.74 Å². The van der Waals surface area contributed by atoms with Crippen LogP contribution in [0.2, 0.25) is 0 Å². The summed E-state index contributed by atoms with van der Waals surface area (Å²) >= 11 is 0. The maximum absolute atomic E-state index is 5.27. The molecule has 0 saturated carbocycles. The number of aliphatic imine (C=N–C) groups is 1. The molecule has 0 saturated heterocycles. The van der Waals surface area contributed by atoms with Crippen molar-refractivity contribution < 1.29 is 4.74 Å². The summed E-state index contributed by atoms with van der Waals surface area (Å²) in [7, 11) is 0. The van der Waals surface area contributed by atoms with Crippen LogP contribution >= 0.6 is 0 Å². The van der Waals surface area contributed by atoms with Gasteiger partial charge >= 0.3 is 0 Å². The van der Waals surface area contributed by atoms with E-state index < -0.39 is 0 Å². The number of hydrogen-bond donors (Lipinski definition) is 0. The number of ether oxygens (including phenoxy) is 1. The zero-order valence-corrected chi connectivity index (χ0v) is 6.87. The highest BCUT2D eigenvalue weighted by Crippen LogP contribution is 2.30. The first-order valence-corrected chi connectivity index (χ1v) is 3.79. The third-order valence-electron chi connectivity index (χ3n) is 1.75. The van der Waals surface area contributed by atoms with Gasteiger partial charge < -0.3 is 4.74 Å². The quantitative estimate of drug-likeness (QED) is 0.570. The maximum atomic E-state index is 5.27. The van der Waals surface area contributed by atoms with Gasteiger partial charge in [0, 0.05) is 12.5 Å². The van der Waals surface area contributed by atoms with Gasteiger partial charge in [-0.15, -0.1) is 0 Å². The summed E-state index contributed by atoms with van der Waals surface area (Å²) in [6.45, 7) is 5.62. The Hall–Kier alpha value is -1.57. The van der Waals surface area contributed by atoms with Crippen molar-refractivity contribution in [2.75, 3.05) is 0 Å². The molecule has 0 fully saturated rings. The molecule has 2 heteroatoms. The average Bonchev–Trinajstić information content (AvgIpc) is 2.04. The predicted molar refractivity (Wildman–Crippen MR) is 49.3 cm³/mol. The Kier molecular flexibility index (Phi) is 1.47. The second-order valence-electron chi connectivity index (χ2n) is 2.67. The molecule has 0 amide bonds. The molecule has 0 spiro atoms. The number of hydrogen-bond acceptors (Lipinski definition) is 2. The Labute approximate surface area is 71.2 Å². The van der Waals surface area contributed by atoms with E-state index in [9.17, 15) is 0 Å². The number of para-hydroxylation sites is 1. The Morgan fingerprint density at radius 1 is 1.33 bits per heavy atom. The molecular weight excluding hydrogens is 150 g/mol. The zero-order valence-electron chi connectivity index (χ0n) is 6.87. The third-order valence-corrected chi connectivity index (χ3v) is 1.75. The number of rotatable bonds is 0. The lowest BCUT2D eigenvalue weighted by molar-refractivity contribution is 0.500. The van der Waals surface area contributed by atoms with Crippen molar-refractivity contribution in [3.05, 3.63) is 36.4 Å². The van der Waals surface area contributed by atoms with Crippen LogP contribution in [0.25, 0.3) is 5.76 Å². The van der Waals surface area contributed by atoms with Gasteiger partial charge in [0.15, 0.2) is 5.90 Å². The molecule has 0 atom stereocenters. The fraction of sp³-hybridized carbons (Fsp3) is 0.100. The highest BCUT2D eigenvalue weighted by atomic mass is 16.5. The molecule has 0 N–H and O–H groups in total. The lowest BCUT2D eigenvalue weighted by Gasteiger charge is -2.15. The van der Waals surface area contributed by atoms with Gasteiger partial charge in [0.05, 0.1) is 5.69 Å². The molecule has 0 radical (unpaired) electrons. The third kappa shape index (κ3) is 1.01. The summed E-state index contributed by atoms with van der Waals surface area (Å²) in [6.07, 6.45) is 0. The van der Waals surface area contributed by atoms with Crippen molar-refractivity contribution >= 4 is 17.3 Å². The van der Waals surface area contributed by atoms with Crippen molar-refractivity contribution in [2.45, 2.75) is 6.92 Å². The van der Waals surface area contributed by atoms with Crippen LogP contribution < -0.4 is 0 Å². The van der Waals surface area contributed by atoms with E-state index in [1.54, 1.807) is 0 Å². The Bertz CT molecular complexity index is 366. The summed E-state index contributed by atoms with van der Waals surface area (Å²) in [5.74, 6) is 1.33. The lowest BCUT2D eigenvalue weighted by Crippen LogP contribution is -2.03.